The van der Waals surface area contributed by atoms with Crippen molar-refractivity contribution < 1.29 is 4.79 Å². The molecule has 1 saturated carbocycles. The molecule has 1 aliphatic rings. The Kier molecular flexibility index (Phi) is 3.57. The van der Waals surface area contributed by atoms with E-state index < -0.39 is 5.54 Å². The minimum atomic E-state index is -0.672. The third-order valence-corrected chi connectivity index (χ3v) is 3.57. The molecule has 3 N–H and O–H groups in total. The van der Waals surface area contributed by atoms with Crippen LogP contribution in [0, 0.1) is 0 Å². The summed E-state index contributed by atoms with van der Waals surface area (Å²) < 4.78 is 0. The van der Waals surface area contributed by atoms with Gasteiger partial charge in [-0.15, -0.1) is 0 Å². The minimum Gasteiger partial charge on any atom is -0.378 e. The molecule has 4 heteroatoms. The quantitative estimate of drug-likeness (QED) is 0.858. The fourth-order valence-corrected chi connectivity index (χ4v) is 2.35. The molecule has 18 heavy (non-hydrogen) atoms. The van der Waals surface area contributed by atoms with Gasteiger partial charge in [-0.3, -0.25) is 4.79 Å². The molecule has 0 atom stereocenters. The maximum Gasteiger partial charge on any atom is 0.244 e. The molecular formula is C14H21N3O. The topological polar surface area (TPSA) is 58.4 Å². The maximum absolute atomic E-state index is 12.2. The van der Waals surface area contributed by atoms with Crippen LogP contribution in [0.5, 0.6) is 0 Å². The monoisotopic (exact) mass is 247 g/mol. The van der Waals surface area contributed by atoms with Crippen LogP contribution >= 0.6 is 0 Å². The van der Waals surface area contributed by atoms with Crippen molar-refractivity contribution >= 4 is 17.3 Å². The molecule has 0 aliphatic heterocycles. The van der Waals surface area contributed by atoms with Crippen LogP contribution in [0.15, 0.2) is 24.3 Å². The van der Waals surface area contributed by atoms with Gasteiger partial charge in [-0.25, -0.2) is 0 Å². The van der Waals surface area contributed by atoms with Gasteiger partial charge in [0.1, 0.15) is 0 Å². The highest BCUT2D eigenvalue weighted by molar-refractivity contribution is 5.98. The summed E-state index contributed by atoms with van der Waals surface area (Å²) in [6, 6.07) is 7.78. The van der Waals surface area contributed by atoms with Gasteiger partial charge in [0.05, 0.1) is 5.54 Å². The highest BCUT2D eigenvalue weighted by Gasteiger charge is 2.36. The van der Waals surface area contributed by atoms with Crippen LogP contribution in [0.4, 0.5) is 11.4 Å². The summed E-state index contributed by atoms with van der Waals surface area (Å²) in [5.41, 5.74) is 7.32. The first-order chi connectivity index (χ1) is 8.51. The van der Waals surface area contributed by atoms with Gasteiger partial charge in [0.2, 0.25) is 5.91 Å². The maximum atomic E-state index is 12.2. The van der Waals surface area contributed by atoms with Gasteiger partial charge < -0.3 is 16.0 Å². The average molecular weight is 247 g/mol. The molecule has 1 amide bonds. The van der Waals surface area contributed by atoms with Crippen molar-refractivity contribution in [2.75, 3.05) is 24.3 Å². The number of carbonyl (C=O) groups excluding carboxylic acids is 1. The molecular weight excluding hydrogens is 226 g/mol. The first-order valence-corrected chi connectivity index (χ1v) is 6.39. The second-order valence-corrected chi connectivity index (χ2v) is 5.26. The molecule has 0 saturated heterocycles. The number of rotatable bonds is 3. The molecule has 2 rings (SSSR count). The molecule has 1 aromatic rings. The van der Waals surface area contributed by atoms with Crippen molar-refractivity contribution in [3.63, 3.8) is 0 Å². The molecule has 0 radical (unpaired) electrons. The molecule has 0 spiro atoms. The van der Waals surface area contributed by atoms with Gasteiger partial charge in [0, 0.05) is 25.5 Å². The van der Waals surface area contributed by atoms with E-state index in [9.17, 15) is 4.79 Å². The summed E-state index contributed by atoms with van der Waals surface area (Å²) in [5, 5.41) is 2.93. The third kappa shape index (κ3) is 2.64. The van der Waals surface area contributed by atoms with Gasteiger partial charge in [-0.05, 0) is 31.0 Å². The summed E-state index contributed by atoms with van der Waals surface area (Å²) in [6.07, 6.45) is 3.65. The number of nitrogens with two attached hydrogens (primary N) is 1. The Bertz CT molecular complexity index is 436. The molecule has 0 aromatic heterocycles. The van der Waals surface area contributed by atoms with E-state index in [1.54, 1.807) is 0 Å². The lowest BCUT2D eigenvalue weighted by Gasteiger charge is -2.22. The predicted octanol–water partition coefficient (Wildman–Crippen LogP) is 1.96. The largest absolute Gasteiger partial charge is 0.378 e. The van der Waals surface area contributed by atoms with Crippen LogP contribution in [0.2, 0.25) is 0 Å². The molecule has 1 fully saturated rings. The summed E-state index contributed by atoms with van der Waals surface area (Å²) in [7, 11) is 3.95. The van der Waals surface area contributed by atoms with E-state index in [1.165, 1.54) is 0 Å². The third-order valence-electron chi connectivity index (χ3n) is 3.57. The number of nitrogens with zero attached hydrogens (tertiary/aromatic N) is 1. The molecule has 98 valence electrons. The SMILES string of the molecule is CN(C)c1cccc(NC(=O)C2(N)CCCC2)c1. The molecule has 1 aromatic carbocycles. The smallest absolute Gasteiger partial charge is 0.244 e. The lowest BCUT2D eigenvalue weighted by molar-refractivity contribution is -0.121. The van der Waals surface area contributed by atoms with Crippen molar-refractivity contribution in [2.24, 2.45) is 5.73 Å². The van der Waals surface area contributed by atoms with Crippen molar-refractivity contribution in [1.82, 2.24) is 0 Å². The lowest BCUT2D eigenvalue weighted by Crippen LogP contribution is -2.48. The van der Waals surface area contributed by atoms with E-state index in [0.29, 0.717) is 0 Å². The van der Waals surface area contributed by atoms with Crippen LogP contribution in [0.25, 0.3) is 0 Å². The zero-order valence-electron chi connectivity index (χ0n) is 11.1. The first-order valence-electron chi connectivity index (χ1n) is 6.39. The van der Waals surface area contributed by atoms with Gasteiger partial charge in [-0.1, -0.05) is 18.9 Å². The van der Waals surface area contributed by atoms with E-state index in [2.05, 4.69) is 5.32 Å². The van der Waals surface area contributed by atoms with Crippen molar-refractivity contribution in [3.05, 3.63) is 24.3 Å². The number of hydrogen-bond donors (Lipinski definition) is 2. The summed E-state index contributed by atoms with van der Waals surface area (Å²) in [5.74, 6) is -0.0593. The Morgan fingerprint density at radius 2 is 2.00 bits per heavy atom. The zero-order chi connectivity index (χ0) is 13.2. The van der Waals surface area contributed by atoms with Crippen LogP contribution in [-0.4, -0.2) is 25.5 Å². The van der Waals surface area contributed by atoms with Crippen molar-refractivity contribution in [3.8, 4) is 0 Å². The minimum absolute atomic E-state index is 0.0593. The Morgan fingerprint density at radius 1 is 1.33 bits per heavy atom. The van der Waals surface area contributed by atoms with Crippen LogP contribution in [-0.2, 0) is 4.79 Å². The first kappa shape index (κ1) is 12.9. The fourth-order valence-electron chi connectivity index (χ4n) is 2.35. The van der Waals surface area contributed by atoms with E-state index in [4.69, 9.17) is 5.73 Å². The Labute approximate surface area is 108 Å². The normalized spacial score (nSPS) is 17.5. The predicted molar refractivity (Wildman–Crippen MR) is 74.8 cm³/mol. The molecule has 4 nitrogen and oxygen atoms in total. The standard InChI is InChI=1S/C14H21N3O/c1-17(2)12-7-5-6-11(10-12)16-13(18)14(15)8-3-4-9-14/h5-7,10H,3-4,8-9,15H2,1-2H3,(H,16,18). The number of amides is 1. The van der Waals surface area contributed by atoms with E-state index in [-0.39, 0.29) is 5.91 Å². The number of benzene rings is 1. The Hall–Kier alpha value is -1.55. The van der Waals surface area contributed by atoms with Gasteiger partial charge in [0.25, 0.3) is 0 Å². The summed E-state index contributed by atoms with van der Waals surface area (Å²) in [6.45, 7) is 0. The van der Waals surface area contributed by atoms with E-state index >= 15 is 0 Å². The number of nitrogens with one attached hydrogen (secondary N) is 1. The van der Waals surface area contributed by atoms with Crippen molar-refractivity contribution in [1.29, 1.82) is 0 Å². The molecule has 0 unspecified atom stereocenters. The average Bonchev–Trinajstić information content (AvgIpc) is 2.78. The van der Waals surface area contributed by atoms with Crippen molar-refractivity contribution in [2.45, 2.75) is 31.2 Å². The van der Waals surface area contributed by atoms with E-state index in [0.717, 1.165) is 37.1 Å². The Morgan fingerprint density at radius 3 is 2.61 bits per heavy atom. The molecule has 0 bridgehead atoms. The van der Waals surface area contributed by atoms with Crippen LogP contribution in [0.1, 0.15) is 25.7 Å². The summed E-state index contributed by atoms with van der Waals surface area (Å²) >= 11 is 0. The number of hydrogen-bond acceptors (Lipinski definition) is 3. The molecule has 1 aliphatic carbocycles. The lowest BCUT2D eigenvalue weighted by atomic mass is 9.98. The Balaban J connectivity index is 2.09. The second-order valence-electron chi connectivity index (χ2n) is 5.26. The van der Waals surface area contributed by atoms with Crippen LogP contribution in [0.3, 0.4) is 0 Å². The molecule has 0 heterocycles. The van der Waals surface area contributed by atoms with Gasteiger partial charge in [-0.2, -0.15) is 0 Å². The summed E-state index contributed by atoms with van der Waals surface area (Å²) in [4.78, 5) is 14.2. The highest BCUT2D eigenvalue weighted by atomic mass is 16.2. The van der Waals surface area contributed by atoms with Crippen LogP contribution < -0.4 is 16.0 Å². The highest BCUT2D eigenvalue weighted by Crippen LogP contribution is 2.28. The zero-order valence-corrected chi connectivity index (χ0v) is 11.1. The second kappa shape index (κ2) is 4.98. The van der Waals surface area contributed by atoms with Gasteiger partial charge in [0.15, 0.2) is 0 Å². The number of carbonyl (C=O) groups is 1. The number of anilines is 2. The van der Waals surface area contributed by atoms with E-state index in [1.807, 2.05) is 43.3 Å². The fraction of sp³-hybridized carbons (Fsp3) is 0.500. The van der Waals surface area contributed by atoms with Gasteiger partial charge >= 0.3 is 0 Å².